The largest absolute Gasteiger partial charge is 0.467 e. The van der Waals surface area contributed by atoms with Gasteiger partial charge in [0.15, 0.2) is 13.3 Å². The molecule has 0 spiro atoms. The highest BCUT2D eigenvalue weighted by Gasteiger charge is 2.51. The van der Waals surface area contributed by atoms with Crippen LogP contribution in [0.4, 0.5) is 4.39 Å². The first-order valence-electron chi connectivity index (χ1n) is 8.59. The Kier molecular flexibility index (Phi) is 5.25. The molecular formula is C17H16B3ClFNO5S. The van der Waals surface area contributed by atoms with Crippen molar-refractivity contribution in [3.63, 3.8) is 0 Å². The zero-order valence-corrected chi connectivity index (χ0v) is 17.5. The third kappa shape index (κ3) is 3.53. The summed E-state index contributed by atoms with van der Waals surface area (Å²) in [5.74, 6) is -2.94. The van der Waals surface area contributed by atoms with E-state index in [2.05, 4.69) is 0 Å². The van der Waals surface area contributed by atoms with E-state index in [-0.39, 0.29) is 10.6 Å². The molecule has 1 heterocycles. The lowest BCUT2D eigenvalue weighted by Crippen LogP contribution is -2.40. The van der Waals surface area contributed by atoms with Crippen LogP contribution in [0.15, 0.2) is 60.2 Å². The quantitative estimate of drug-likeness (QED) is 0.501. The summed E-state index contributed by atoms with van der Waals surface area (Å²) < 4.78 is 49.3. The number of ether oxygens (including phenoxy) is 1. The van der Waals surface area contributed by atoms with Crippen LogP contribution in [0, 0.1) is 5.82 Å². The average molecular weight is 433 g/mol. The minimum Gasteiger partial charge on any atom is -0.467 e. The van der Waals surface area contributed by atoms with Crippen molar-refractivity contribution in [1.82, 2.24) is 0 Å². The van der Waals surface area contributed by atoms with E-state index in [1.165, 1.54) is 35.7 Å². The molecule has 1 aliphatic rings. The number of hydrogen-bond acceptors (Lipinski definition) is 6. The number of rotatable bonds is 5. The van der Waals surface area contributed by atoms with E-state index in [0.717, 1.165) is 6.07 Å². The number of benzene rings is 2. The minimum atomic E-state index is -4.36. The van der Waals surface area contributed by atoms with Crippen molar-refractivity contribution in [2.24, 2.45) is 5.73 Å². The van der Waals surface area contributed by atoms with Gasteiger partial charge in [0.05, 0.1) is 4.55 Å². The first kappa shape index (κ1) is 21.3. The predicted molar refractivity (Wildman–Crippen MR) is 114 cm³/mol. The van der Waals surface area contributed by atoms with E-state index in [0.29, 0.717) is 5.56 Å². The fourth-order valence-corrected chi connectivity index (χ4v) is 4.14. The molecule has 0 aliphatic carbocycles. The van der Waals surface area contributed by atoms with Gasteiger partial charge in [-0.3, -0.25) is 4.79 Å². The van der Waals surface area contributed by atoms with Crippen LogP contribution in [0.1, 0.15) is 11.1 Å². The van der Waals surface area contributed by atoms with Crippen molar-refractivity contribution < 1.29 is 26.5 Å². The molecule has 2 aromatic carbocycles. The van der Waals surface area contributed by atoms with Gasteiger partial charge < -0.3 is 14.7 Å². The van der Waals surface area contributed by atoms with Crippen molar-refractivity contribution in [2.45, 2.75) is 10.0 Å². The maximum absolute atomic E-state index is 14.4. The molecule has 0 aromatic heterocycles. The van der Waals surface area contributed by atoms with Gasteiger partial charge in [-0.2, -0.15) is 8.42 Å². The Bertz CT molecular complexity index is 1130. The number of carbonyl (C=O) groups excluding carboxylic acids is 1. The van der Waals surface area contributed by atoms with Gasteiger partial charge in [0.25, 0.3) is 0 Å². The molecule has 1 unspecified atom stereocenters. The van der Waals surface area contributed by atoms with Crippen LogP contribution in [-0.4, -0.2) is 37.7 Å². The van der Waals surface area contributed by atoms with Crippen LogP contribution in [0.3, 0.4) is 0 Å². The van der Waals surface area contributed by atoms with Gasteiger partial charge in [0.1, 0.15) is 21.5 Å². The number of carbonyl (C=O) groups is 1. The molecule has 2 N–H and O–H groups in total. The zero-order chi connectivity index (χ0) is 21.6. The van der Waals surface area contributed by atoms with Gasteiger partial charge in [-0.15, -0.1) is 0 Å². The van der Waals surface area contributed by atoms with Crippen LogP contribution in [0.25, 0.3) is 0 Å². The highest BCUT2D eigenvalue weighted by Crippen LogP contribution is 2.39. The maximum Gasteiger partial charge on any atom is 0.304 e. The smallest absolute Gasteiger partial charge is 0.304 e. The summed E-state index contributed by atoms with van der Waals surface area (Å²) in [6.07, 6.45) is 0. The van der Waals surface area contributed by atoms with Crippen LogP contribution < -0.4 is 5.73 Å². The van der Waals surface area contributed by atoms with Crippen molar-refractivity contribution >= 4 is 51.0 Å². The Morgan fingerprint density at radius 1 is 1.17 bits per heavy atom. The molecule has 0 fully saturated rings. The Morgan fingerprint density at radius 2 is 1.79 bits per heavy atom. The molecule has 0 radical (unpaired) electrons. The van der Waals surface area contributed by atoms with Crippen LogP contribution in [0.5, 0.6) is 0 Å². The molecule has 0 bridgehead atoms. The van der Waals surface area contributed by atoms with Gasteiger partial charge in [0.2, 0.25) is 17.4 Å². The maximum atomic E-state index is 14.4. The molecule has 6 nitrogen and oxygen atoms in total. The van der Waals surface area contributed by atoms with E-state index in [9.17, 15) is 17.6 Å². The first-order chi connectivity index (χ1) is 13.4. The van der Waals surface area contributed by atoms with Crippen LogP contribution >= 0.6 is 11.6 Å². The van der Waals surface area contributed by atoms with Gasteiger partial charge in [0, 0.05) is 10.6 Å². The SMILES string of the molecule is BC1(c2ccc(Cl)cc2F)OC(N)=C(OS(=O)(=O)C(B)(B)c2ccccc2)C1=O. The van der Waals surface area contributed by atoms with E-state index < -0.39 is 43.4 Å². The first-order valence-corrected chi connectivity index (χ1v) is 10.4. The van der Waals surface area contributed by atoms with Crippen molar-refractivity contribution in [3.8, 4) is 0 Å². The molecule has 148 valence electrons. The second-order valence-electron chi connectivity index (χ2n) is 7.20. The molecule has 1 aliphatic heterocycles. The topological polar surface area (TPSA) is 95.7 Å². The van der Waals surface area contributed by atoms with Gasteiger partial charge in [-0.05, 0) is 17.7 Å². The summed E-state index contributed by atoms with van der Waals surface area (Å²) in [6, 6.07) is 12.0. The van der Waals surface area contributed by atoms with Crippen molar-refractivity contribution in [2.75, 3.05) is 0 Å². The Labute approximate surface area is 175 Å². The van der Waals surface area contributed by atoms with Crippen LogP contribution in [-0.2, 0) is 33.9 Å². The third-order valence-electron chi connectivity index (χ3n) is 4.91. The summed E-state index contributed by atoms with van der Waals surface area (Å²) in [4.78, 5) is 13.0. The number of Topliss-reactive ketones (excluding diaryl/α,β-unsaturated/α-hetero) is 1. The van der Waals surface area contributed by atoms with Gasteiger partial charge >= 0.3 is 10.1 Å². The van der Waals surface area contributed by atoms with Gasteiger partial charge in [-0.25, -0.2) is 4.39 Å². The molecule has 2 aromatic rings. The fourth-order valence-electron chi connectivity index (χ4n) is 2.97. The van der Waals surface area contributed by atoms with Crippen molar-refractivity contribution in [1.29, 1.82) is 0 Å². The van der Waals surface area contributed by atoms with E-state index >= 15 is 0 Å². The second-order valence-corrected chi connectivity index (χ2v) is 9.73. The highest BCUT2D eigenvalue weighted by atomic mass is 35.5. The zero-order valence-electron chi connectivity index (χ0n) is 15.9. The lowest BCUT2D eigenvalue weighted by Gasteiger charge is -2.26. The Morgan fingerprint density at radius 3 is 2.38 bits per heavy atom. The molecule has 1 atom stereocenters. The lowest BCUT2D eigenvalue weighted by molar-refractivity contribution is -0.126. The van der Waals surface area contributed by atoms with Crippen molar-refractivity contribution in [3.05, 3.63) is 82.1 Å². The number of hydrogen-bond donors (Lipinski definition) is 1. The third-order valence-corrected chi connectivity index (χ3v) is 7.02. The summed E-state index contributed by atoms with van der Waals surface area (Å²) in [7, 11) is -0.213. The van der Waals surface area contributed by atoms with E-state index in [1.807, 2.05) is 0 Å². The molecule has 12 heteroatoms. The van der Waals surface area contributed by atoms with Crippen LogP contribution in [0.2, 0.25) is 5.02 Å². The normalized spacial score (nSPS) is 19.9. The molecule has 3 rings (SSSR count). The monoisotopic (exact) mass is 433 g/mol. The Balaban J connectivity index is 1.96. The molecular weight excluding hydrogens is 417 g/mol. The molecule has 0 amide bonds. The number of nitrogens with two attached hydrogens (primary N) is 1. The Hall–Kier alpha value is -2.39. The fraction of sp³-hybridized carbons (Fsp3) is 0.118. The molecule has 29 heavy (non-hydrogen) atoms. The number of halogens is 2. The molecule has 0 saturated heterocycles. The standard InChI is InChI=1S/C17H16B3ClFNO5S/c18-16(11-7-6-10(21)8-12(11)22)14(24)13(15(23)27-16)28-29(25,26)17(19,20)9-4-2-1-3-5-9/h1-8H,18-20,23H2. The summed E-state index contributed by atoms with van der Waals surface area (Å²) in [5, 5.41) is 0.130. The number of ketones is 1. The van der Waals surface area contributed by atoms with E-state index in [1.54, 1.807) is 30.3 Å². The predicted octanol–water partition coefficient (Wildman–Crippen LogP) is -0.585. The summed E-state index contributed by atoms with van der Waals surface area (Å²) in [5.41, 5.74) is 4.17. The molecule has 0 saturated carbocycles. The minimum absolute atomic E-state index is 0.130. The van der Waals surface area contributed by atoms with E-state index in [4.69, 9.17) is 26.3 Å². The highest BCUT2D eigenvalue weighted by molar-refractivity contribution is 7.90. The second kappa shape index (κ2) is 7.14. The average Bonchev–Trinajstić information content (AvgIpc) is 2.85. The summed E-state index contributed by atoms with van der Waals surface area (Å²) >= 11 is 5.75. The van der Waals surface area contributed by atoms with Gasteiger partial charge in [-0.1, -0.05) is 48.0 Å². The summed E-state index contributed by atoms with van der Waals surface area (Å²) in [6.45, 7) is 0. The lowest BCUT2D eigenvalue weighted by atomic mass is 9.65.